The highest BCUT2D eigenvalue weighted by molar-refractivity contribution is 5.79. The summed E-state index contributed by atoms with van der Waals surface area (Å²) < 4.78 is 10.7. The minimum Gasteiger partial charge on any atom is -0.469 e. The largest absolute Gasteiger partial charge is 0.469 e. The number of aliphatic imine (C=N–C) groups is 1. The van der Waals surface area contributed by atoms with Crippen LogP contribution in [0.2, 0.25) is 0 Å². The Labute approximate surface area is 137 Å². The van der Waals surface area contributed by atoms with E-state index in [4.69, 9.17) is 9.15 Å². The summed E-state index contributed by atoms with van der Waals surface area (Å²) in [5, 5.41) is 6.62. The fraction of sp³-hybridized carbons (Fsp3) is 0.389. The van der Waals surface area contributed by atoms with Crippen molar-refractivity contribution in [2.45, 2.75) is 19.9 Å². The van der Waals surface area contributed by atoms with E-state index in [1.54, 1.807) is 6.26 Å². The second-order valence-corrected chi connectivity index (χ2v) is 5.03. The molecule has 1 aromatic heterocycles. The van der Waals surface area contributed by atoms with Gasteiger partial charge in [-0.15, -0.1) is 0 Å². The van der Waals surface area contributed by atoms with Gasteiger partial charge in [0, 0.05) is 26.1 Å². The zero-order valence-corrected chi connectivity index (χ0v) is 13.6. The third-order valence-corrected chi connectivity index (χ3v) is 3.25. The maximum Gasteiger partial charge on any atom is 0.191 e. The molecule has 0 aliphatic heterocycles. The van der Waals surface area contributed by atoms with Crippen molar-refractivity contribution in [3.05, 3.63) is 60.1 Å². The van der Waals surface area contributed by atoms with Gasteiger partial charge in [-0.05, 0) is 24.6 Å². The first-order chi connectivity index (χ1) is 11.4. The molecule has 1 aromatic carbocycles. The van der Waals surface area contributed by atoms with Crippen LogP contribution in [0.15, 0.2) is 58.1 Å². The average molecular weight is 315 g/mol. The van der Waals surface area contributed by atoms with Crippen molar-refractivity contribution in [3.63, 3.8) is 0 Å². The van der Waals surface area contributed by atoms with Crippen LogP contribution in [-0.4, -0.2) is 32.3 Å². The number of ether oxygens (including phenoxy) is 1. The molecular formula is C18H25N3O2. The number of rotatable bonds is 9. The Balaban J connectivity index is 1.82. The summed E-state index contributed by atoms with van der Waals surface area (Å²) in [6, 6.07) is 14.1. The highest BCUT2D eigenvalue weighted by Gasteiger charge is 2.00. The smallest absolute Gasteiger partial charge is 0.191 e. The lowest BCUT2D eigenvalue weighted by Crippen LogP contribution is -2.40. The monoisotopic (exact) mass is 315 g/mol. The Bertz CT molecular complexity index is 553. The van der Waals surface area contributed by atoms with Gasteiger partial charge in [0.1, 0.15) is 5.76 Å². The molecule has 0 atom stereocenters. The van der Waals surface area contributed by atoms with Gasteiger partial charge < -0.3 is 19.8 Å². The SMILES string of the molecule is CCOCCNC(=NCc1ccccc1)NCCc1ccco1. The second-order valence-electron chi connectivity index (χ2n) is 5.03. The molecule has 0 unspecified atom stereocenters. The van der Waals surface area contributed by atoms with Crippen molar-refractivity contribution in [1.29, 1.82) is 0 Å². The van der Waals surface area contributed by atoms with Gasteiger partial charge in [-0.2, -0.15) is 0 Å². The number of hydrogen-bond acceptors (Lipinski definition) is 3. The molecule has 0 aliphatic rings. The standard InChI is InChI=1S/C18H25N3O2/c1-2-22-14-12-20-18(19-11-10-17-9-6-13-23-17)21-15-16-7-4-3-5-8-16/h3-9,13H,2,10-12,14-15H2,1H3,(H2,19,20,21). The molecule has 0 radical (unpaired) electrons. The van der Waals surface area contributed by atoms with Gasteiger partial charge in [0.2, 0.25) is 0 Å². The van der Waals surface area contributed by atoms with Crippen LogP contribution >= 0.6 is 0 Å². The molecular weight excluding hydrogens is 290 g/mol. The second kappa shape index (κ2) is 10.5. The molecule has 2 rings (SSSR count). The summed E-state index contributed by atoms with van der Waals surface area (Å²) in [5.41, 5.74) is 1.18. The highest BCUT2D eigenvalue weighted by atomic mass is 16.5. The van der Waals surface area contributed by atoms with E-state index in [9.17, 15) is 0 Å². The van der Waals surface area contributed by atoms with Crippen LogP contribution in [0.1, 0.15) is 18.2 Å². The molecule has 23 heavy (non-hydrogen) atoms. The first kappa shape index (κ1) is 17.1. The van der Waals surface area contributed by atoms with E-state index in [0.717, 1.165) is 37.8 Å². The predicted octanol–water partition coefficient (Wildman–Crippen LogP) is 2.59. The summed E-state index contributed by atoms with van der Waals surface area (Å²) >= 11 is 0. The fourth-order valence-corrected chi connectivity index (χ4v) is 2.07. The Hall–Kier alpha value is -2.27. The number of benzene rings is 1. The molecule has 0 spiro atoms. The lowest BCUT2D eigenvalue weighted by molar-refractivity contribution is 0.152. The molecule has 0 saturated heterocycles. The Morgan fingerprint density at radius 2 is 1.91 bits per heavy atom. The molecule has 5 heteroatoms. The van der Waals surface area contributed by atoms with E-state index in [1.807, 2.05) is 37.3 Å². The Kier molecular flexibility index (Phi) is 7.77. The number of guanidine groups is 1. The van der Waals surface area contributed by atoms with Gasteiger partial charge in [-0.1, -0.05) is 30.3 Å². The zero-order chi connectivity index (χ0) is 16.2. The first-order valence-electron chi connectivity index (χ1n) is 8.04. The molecule has 0 aliphatic carbocycles. The van der Waals surface area contributed by atoms with Crippen LogP contribution in [0, 0.1) is 0 Å². The number of nitrogens with zero attached hydrogens (tertiary/aromatic N) is 1. The maximum atomic E-state index is 5.35. The van der Waals surface area contributed by atoms with Crippen molar-refractivity contribution in [3.8, 4) is 0 Å². The van der Waals surface area contributed by atoms with Crippen LogP contribution in [-0.2, 0) is 17.7 Å². The molecule has 0 amide bonds. The molecule has 5 nitrogen and oxygen atoms in total. The summed E-state index contributed by atoms with van der Waals surface area (Å²) in [6.45, 7) is 5.53. The number of nitrogens with one attached hydrogen (secondary N) is 2. The van der Waals surface area contributed by atoms with Gasteiger partial charge in [-0.3, -0.25) is 0 Å². The van der Waals surface area contributed by atoms with Gasteiger partial charge in [0.15, 0.2) is 5.96 Å². The van der Waals surface area contributed by atoms with Crippen molar-refractivity contribution in [2.24, 2.45) is 4.99 Å². The van der Waals surface area contributed by atoms with Gasteiger partial charge in [0.05, 0.1) is 19.4 Å². The minimum atomic E-state index is 0.644. The van der Waals surface area contributed by atoms with E-state index < -0.39 is 0 Å². The van der Waals surface area contributed by atoms with Crippen molar-refractivity contribution < 1.29 is 9.15 Å². The quantitative estimate of drug-likeness (QED) is 0.424. The molecule has 0 fully saturated rings. The van der Waals surface area contributed by atoms with Crippen molar-refractivity contribution in [1.82, 2.24) is 10.6 Å². The van der Waals surface area contributed by atoms with Crippen molar-refractivity contribution >= 4 is 5.96 Å². The molecule has 0 saturated carbocycles. The van der Waals surface area contributed by atoms with Crippen LogP contribution in [0.3, 0.4) is 0 Å². The van der Waals surface area contributed by atoms with Gasteiger partial charge in [-0.25, -0.2) is 4.99 Å². The summed E-state index contributed by atoms with van der Waals surface area (Å²) in [4.78, 5) is 4.62. The van der Waals surface area contributed by atoms with E-state index >= 15 is 0 Å². The fourth-order valence-electron chi connectivity index (χ4n) is 2.07. The minimum absolute atomic E-state index is 0.644. The molecule has 2 aromatic rings. The van der Waals surface area contributed by atoms with Gasteiger partial charge >= 0.3 is 0 Å². The molecule has 2 N–H and O–H groups in total. The molecule has 124 valence electrons. The topological polar surface area (TPSA) is 58.8 Å². The lowest BCUT2D eigenvalue weighted by atomic mass is 10.2. The van der Waals surface area contributed by atoms with Crippen LogP contribution in [0.5, 0.6) is 0 Å². The summed E-state index contributed by atoms with van der Waals surface area (Å²) in [7, 11) is 0. The molecule has 0 bridgehead atoms. The summed E-state index contributed by atoms with van der Waals surface area (Å²) in [6.07, 6.45) is 2.52. The summed E-state index contributed by atoms with van der Waals surface area (Å²) in [5.74, 6) is 1.76. The maximum absolute atomic E-state index is 5.35. The normalized spacial score (nSPS) is 11.4. The van der Waals surface area contributed by atoms with E-state index in [1.165, 1.54) is 5.56 Å². The highest BCUT2D eigenvalue weighted by Crippen LogP contribution is 2.01. The van der Waals surface area contributed by atoms with Crippen LogP contribution in [0.25, 0.3) is 0 Å². The predicted molar refractivity (Wildman–Crippen MR) is 92.5 cm³/mol. The van der Waals surface area contributed by atoms with Crippen LogP contribution < -0.4 is 10.6 Å². The van der Waals surface area contributed by atoms with E-state index in [2.05, 4.69) is 27.8 Å². The Morgan fingerprint density at radius 1 is 1.09 bits per heavy atom. The third-order valence-electron chi connectivity index (χ3n) is 3.25. The zero-order valence-electron chi connectivity index (χ0n) is 13.6. The number of hydrogen-bond donors (Lipinski definition) is 2. The van der Waals surface area contributed by atoms with E-state index in [0.29, 0.717) is 13.2 Å². The third kappa shape index (κ3) is 7.02. The van der Waals surface area contributed by atoms with Crippen molar-refractivity contribution in [2.75, 3.05) is 26.3 Å². The van der Waals surface area contributed by atoms with Gasteiger partial charge in [0.25, 0.3) is 0 Å². The molecule has 1 heterocycles. The average Bonchev–Trinajstić information content (AvgIpc) is 3.10. The Morgan fingerprint density at radius 3 is 2.65 bits per heavy atom. The lowest BCUT2D eigenvalue weighted by Gasteiger charge is -2.12. The van der Waals surface area contributed by atoms with Crippen LogP contribution in [0.4, 0.5) is 0 Å². The van der Waals surface area contributed by atoms with E-state index in [-0.39, 0.29) is 0 Å². The number of furan rings is 1. The first-order valence-corrected chi connectivity index (χ1v) is 8.04.